The van der Waals surface area contributed by atoms with E-state index in [-0.39, 0.29) is 12.4 Å². The molecule has 0 spiro atoms. The summed E-state index contributed by atoms with van der Waals surface area (Å²) in [6, 6.07) is 10.1. The fourth-order valence-corrected chi connectivity index (χ4v) is 2.36. The van der Waals surface area contributed by atoms with Gasteiger partial charge >= 0.3 is 0 Å². The fourth-order valence-electron chi connectivity index (χ4n) is 1.90. The minimum absolute atomic E-state index is 0.288. The van der Waals surface area contributed by atoms with E-state index >= 15 is 0 Å². The first kappa shape index (κ1) is 15.5. The second-order valence-electron chi connectivity index (χ2n) is 4.71. The Morgan fingerprint density at radius 2 is 2.05 bits per heavy atom. The molecule has 110 valence electrons. The van der Waals surface area contributed by atoms with Crippen LogP contribution in [0.4, 0.5) is 4.39 Å². The standard InChI is InChI=1S/C16H15BrFNO2/c1-10-3-6-14(11(2)19-20)16(7-10)21-9-12-4-5-13(18)8-15(12)17/h3-8,20H,9H2,1-2H3. The summed E-state index contributed by atoms with van der Waals surface area (Å²) in [6.45, 7) is 3.94. The van der Waals surface area contributed by atoms with Crippen molar-refractivity contribution in [3.05, 3.63) is 63.4 Å². The maximum atomic E-state index is 13.1. The summed E-state index contributed by atoms with van der Waals surface area (Å²) in [7, 11) is 0. The SMILES string of the molecule is CC(=NO)c1ccc(C)cc1OCc1ccc(F)cc1Br. The minimum Gasteiger partial charge on any atom is -0.488 e. The number of rotatable bonds is 4. The van der Waals surface area contributed by atoms with Gasteiger partial charge in [-0.05, 0) is 43.7 Å². The van der Waals surface area contributed by atoms with Crippen LogP contribution in [0.1, 0.15) is 23.6 Å². The van der Waals surface area contributed by atoms with Gasteiger partial charge in [0.15, 0.2) is 0 Å². The molecule has 0 aliphatic rings. The van der Waals surface area contributed by atoms with Gasteiger partial charge in [0, 0.05) is 15.6 Å². The van der Waals surface area contributed by atoms with E-state index < -0.39 is 0 Å². The van der Waals surface area contributed by atoms with Crippen LogP contribution in [0.2, 0.25) is 0 Å². The summed E-state index contributed by atoms with van der Waals surface area (Å²) in [6.07, 6.45) is 0. The Bertz CT molecular complexity index is 686. The monoisotopic (exact) mass is 351 g/mol. The van der Waals surface area contributed by atoms with E-state index in [1.165, 1.54) is 12.1 Å². The summed E-state index contributed by atoms with van der Waals surface area (Å²) in [5.74, 6) is 0.326. The molecule has 0 aromatic heterocycles. The zero-order valence-corrected chi connectivity index (χ0v) is 13.3. The van der Waals surface area contributed by atoms with Crippen molar-refractivity contribution in [3.63, 3.8) is 0 Å². The molecule has 0 unspecified atom stereocenters. The van der Waals surface area contributed by atoms with Gasteiger partial charge in [-0.3, -0.25) is 0 Å². The van der Waals surface area contributed by atoms with E-state index in [4.69, 9.17) is 9.94 Å². The molecule has 0 atom stereocenters. The molecule has 0 aliphatic heterocycles. The van der Waals surface area contributed by atoms with Crippen molar-refractivity contribution < 1.29 is 14.3 Å². The molecular formula is C16H15BrFNO2. The highest BCUT2D eigenvalue weighted by Crippen LogP contribution is 2.24. The molecule has 0 heterocycles. The van der Waals surface area contributed by atoms with E-state index in [1.807, 2.05) is 25.1 Å². The average molecular weight is 352 g/mol. The number of nitrogens with zero attached hydrogens (tertiary/aromatic N) is 1. The number of aryl methyl sites for hydroxylation is 1. The first-order valence-corrected chi connectivity index (χ1v) is 7.17. The molecule has 2 aromatic carbocycles. The van der Waals surface area contributed by atoms with Gasteiger partial charge in [-0.2, -0.15) is 0 Å². The van der Waals surface area contributed by atoms with Gasteiger partial charge in [0.05, 0.1) is 5.71 Å². The van der Waals surface area contributed by atoms with Crippen molar-refractivity contribution in [3.8, 4) is 5.75 Å². The van der Waals surface area contributed by atoms with Crippen LogP contribution in [0.5, 0.6) is 5.75 Å². The molecule has 0 saturated carbocycles. The van der Waals surface area contributed by atoms with Gasteiger partial charge in [0.25, 0.3) is 0 Å². The van der Waals surface area contributed by atoms with Gasteiger partial charge in [0.2, 0.25) is 0 Å². The van der Waals surface area contributed by atoms with Gasteiger partial charge in [0.1, 0.15) is 18.2 Å². The lowest BCUT2D eigenvalue weighted by molar-refractivity contribution is 0.302. The van der Waals surface area contributed by atoms with E-state index in [0.717, 1.165) is 16.7 Å². The molecular weight excluding hydrogens is 337 g/mol. The molecule has 3 nitrogen and oxygen atoms in total. The van der Waals surface area contributed by atoms with Gasteiger partial charge < -0.3 is 9.94 Å². The summed E-state index contributed by atoms with van der Waals surface area (Å²) < 4.78 is 19.5. The average Bonchev–Trinajstić information content (AvgIpc) is 2.45. The van der Waals surface area contributed by atoms with Crippen molar-refractivity contribution in [1.29, 1.82) is 0 Å². The molecule has 21 heavy (non-hydrogen) atoms. The van der Waals surface area contributed by atoms with Crippen LogP contribution in [0.15, 0.2) is 46.0 Å². The fraction of sp³-hybridized carbons (Fsp3) is 0.188. The Morgan fingerprint density at radius 3 is 2.71 bits per heavy atom. The number of ether oxygens (including phenoxy) is 1. The van der Waals surface area contributed by atoms with E-state index in [1.54, 1.807) is 13.0 Å². The van der Waals surface area contributed by atoms with Crippen LogP contribution in [-0.4, -0.2) is 10.9 Å². The van der Waals surface area contributed by atoms with Gasteiger partial charge in [-0.1, -0.05) is 33.2 Å². The highest BCUT2D eigenvalue weighted by Gasteiger charge is 2.09. The van der Waals surface area contributed by atoms with E-state index in [9.17, 15) is 4.39 Å². The topological polar surface area (TPSA) is 41.8 Å². The van der Waals surface area contributed by atoms with Crippen molar-refractivity contribution in [2.24, 2.45) is 5.16 Å². The lowest BCUT2D eigenvalue weighted by Gasteiger charge is -2.12. The first-order valence-electron chi connectivity index (χ1n) is 6.37. The molecule has 2 aromatic rings. The third-order valence-electron chi connectivity index (χ3n) is 3.08. The van der Waals surface area contributed by atoms with Crippen molar-refractivity contribution in [1.82, 2.24) is 0 Å². The largest absolute Gasteiger partial charge is 0.488 e. The Hall–Kier alpha value is -1.88. The lowest BCUT2D eigenvalue weighted by Crippen LogP contribution is -2.03. The third kappa shape index (κ3) is 3.82. The van der Waals surface area contributed by atoms with Crippen LogP contribution < -0.4 is 4.74 Å². The summed E-state index contributed by atoms with van der Waals surface area (Å²) in [5.41, 5.74) is 3.07. The number of oxime groups is 1. The molecule has 2 rings (SSSR count). The zero-order valence-electron chi connectivity index (χ0n) is 11.7. The van der Waals surface area contributed by atoms with Crippen molar-refractivity contribution in [2.45, 2.75) is 20.5 Å². The molecule has 0 saturated heterocycles. The normalized spacial score (nSPS) is 11.5. The van der Waals surface area contributed by atoms with Crippen LogP contribution in [-0.2, 0) is 6.61 Å². The second-order valence-corrected chi connectivity index (χ2v) is 5.56. The highest BCUT2D eigenvalue weighted by atomic mass is 79.9. The first-order chi connectivity index (χ1) is 10.0. The Kier molecular flexibility index (Phi) is 4.96. The van der Waals surface area contributed by atoms with Gasteiger partial charge in [-0.25, -0.2) is 4.39 Å². The molecule has 5 heteroatoms. The van der Waals surface area contributed by atoms with Crippen molar-refractivity contribution in [2.75, 3.05) is 0 Å². The molecule has 0 bridgehead atoms. The summed E-state index contributed by atoms with van der Waals surface area (Å²) in [4.78, 5) is 0. The zero-order chi connectivity index (χ0) is 15.4. The summed E-state index contributed by atoms with van der Waals surface area (Å²) in [5, 5.41) is 12.1. The predicted octanol–water partition coefficient (Wildman–Crippen LogP) is 4.67. The predicted molar refractivity (Wildman–Crippen MR) is 83.6 cm³/mol. The van der Waals surface area contributed by atoms with E-state index in [0.29, 0.717) is 15.9 Å². The van der Waals surface area contributed by atoms with Crippen LogP contribution >= 0.6 is 15.9 Å². The highest BCUT2D eigenvalue weighted by molar-refractivity contribution is 9.10. The van der Waals surface area contributed by atoms with Crippen molar-refractivity contribution >= 4 is 21.6 Å². The quantitative estimate of drug-likeness (QED) is 0.493. The van der Waals surface area contributed by atoms with Gasteiger partial charge in [-0.15, -0.1) is 0 Å². The summed E-state index contributed by atoms with van der Waals surface area (Å²) >= 11 is 3.31. The number of halogens is 2. The minimum atomic E-state index is -0.301. The molecule has 0 aliphatic carbocycles. The molecule has 0 fully saturated rings. The molecule has 1 N–H and O–H groups in total. The number of hydrogen-bond acceptors (Lipinski definition) is 3. The second kappa shape index (κ2) is 6.72. The van der Waals surface area contributed by atoms with Crippen LogP contribution in [0.25, 0.3) is 0 Å². The Morgan fingerprint density at radius 1 is 1.29 bits per heavy atom. The maximum absolute atomic E-state index is 13.1. The molecule has 0 radical (unpaired) electrons. The van der Waals surface area contributed by atoms with Crippen LogP contribution in [0, 0.1) is 12.7 Å². The number of benzene rings is 2. The number of hydrogen-bond donors (Lipinski definition) is 1. The van der Waals surface area contributed by atoms with E-state index in [2.05, 4.69) is 21.1 Å². The lowest BCUT2D eigenvalue weighted by atomic mass is 10.1. The maximum Gasteiger partial charge on any atom is 0.129 e. The Labute approximate surface area is 131 Å². The molecule has 0 amide bonds. The smallest absolute Gasteiger partial charge is 0.129 e. The third-order valence-corrected chi connectivity index (χ3v) is 3.81. The Balaban J connectivity index is 2.25. The van der Waals surface area contributed by atoms with Crippen LogP contribution in [0.3, 0.4) is 0 Å².